The number of amides is 1. The second kappa shape index (κ2) is 8.92. The van der Waals surface area contributed by atoms with E-state index in [1.807, 2.05) is 13.8 Å². The molecule has 1 heterocycles. The standard InChI is InChI=1S/C26H24F3N3O4/c1-14-21(24(34)31-17-6-4-5-16(11-17)26(27,28)29)22(15-7-9-18(10-8-15)32(35)36)23-19(30-14)12-25(2,3)13-20(23)33/h4-11,22,30H,12-13H2,1-3H3,(H,31,34). The fourth-order valence-electron chi connectivity index (χ4n) is 4.83. The molecule has 1 aliphatic carbocycles. The van der Waals surface area contributed by atoms with Gasteiger partial charge in [0.2, 0.25) is 0 Å². The fraction of sp³-hybridized carbons (Fsp3) is 0.308. The van der Waals surface area contributed by atoms with Crippen molar-refractivity contribution in [2.24, 2.45) is 5.41 Å². The maximum Gasteiger partial charge on any atom is 0.416 e. The molecule has 2 N–H and O–H groups in total. The Hall–Kier alpha value is -3.95. The Morgan fingerprint density at radius 2 is 1.81 bits per heavy atom. The average Bonchev–Trinajstić information content (AvgIpc) is 2.76. The minimum atomic E-state index is -4.58. The Kier molecular flexibility index (Phi) is 6.24. The van der Waals surface area contributed by atoms with Gasteiger partial charge in [0.15, 0.2) is 5.78 Å². The van der Waals surface area contributed by atoms with Gasteiger partial charge in [-0.1, -0.05) is 32.0 Å². The SMILES string of the molecule is CC1=C(C(=O)Nc2cccc(C(F)(F)F)c2)C(c2ccc([N+](=O)[O-])cc2)C2=C(CC(C)(C)CC2=O)N1. The van der Waals surface area contributed by atoms with Gasteiger partial charge in [0.05, 0.1) is 10.5 Å². The van der Waals surface area contributed by atoms with Crippen molar-refractivity contribution in [1.82, 2.24) is 5.32 Å². The summed E-state index contributed by atoms with van der Waals surface area (Å²) in [6.45, 7) is 5.59. The van der Waals surface area contributed by atoms with Gasteiger partial charge in [-0.2, -0.15) is 13.2 Å². The molecule has 10 heteroatoms. The van der Waals surface area contributed by atoms with Gasteiger partial charge in [-0.25, -0.2) is 0 Å². The van der Waals surface area contributed by atoms with Gasteiger partial charge in [-0.15, -0.1) is 0 Å². The Balaban J connectivity index is 1.78. The first kappa shape index (κ1) is 25.2. The summed E-state index contributed by atoms with van der Waals surface area (Å²) in [7, 11) is 0. The summed E-state index contributed by atoms with van der Waals surface area (Å²) in [4.78, 5) is 37.4. The first-order chi connectivity index (χ1) is 16.8. The summed E-state index contributed by atoms with van der Waals surface area (Å²) in [5.41, 5.74) is 0.768. The molecular formula is C26H24F3N3O4. The van der Waals surface area contributed by atoms with Gasteiger partial charge in [-0.05, 0) is 42.5 Å². The third-order valence-electron chi connectivity index (χ3n) is 6.37. The number of nitro benzene ring substituents is 1. The van der Waals surface area contributed by atoms with E-state index >= 15 is 0 Å². The molecule has 36 heavy (non-hydrogen) atoms. The van der Waals surface area contributed by atoms with Crippen molar-refractivity contribution in [1.29, 1.82) is 0 Å². The minimum Gasteiger partial charge on any atom is -0.362 e. The number of halogens is 3. The number of hydrogen-bond acceptors (Lipinski definition) is 5. The normalized spacial score (nSPS) is 19.5. The largest absolute Gasteiger partial charge is 0.416 e. The number of dihydropyridines is 1. The van der Waals surface area contributed by atoms with E-state index in [0.717, 1.165) is 12.1 Å². The van der Waals surface area contributed by atoms with Crippen LogP contribution >= 0.6 is 0 Å². The number of carbonyl (C=O) groups is 2. The topological polar surface area (TPSA) is 101 Å². The van der Waals surface area contributed by atoms with Crippen molar-refractivity contribution in [3.63, 3.8) is 0 Å². The number of hydrogen-bond donors (Lipinski definition) is 2. The number of allylic oxidation sites excluding steroid dienone is 3. The van der Waals surface area contributed by atoms with Gasteiger partial charge in [0.25, 0.3) is 11.6 Å². The van der Waals surface area contributed by atoms with Crippen LogP contribution in [0.2, 0.25) is 0 Å². The van der Waals surface area contributed by atoms with Crippen LogP contribution in [0.25, 0.3) is 0 Å². The Labute approximate surface area is 205 Å². The Morgan fingerprint density at radius 3 is 2.42 bits per heavy atom. The molecule has 7 nitrogen and oxygen atoms in total. The molecule has 0 radical (unpaired) electrons. The van der Waals surface area contributed by atoms with Gasteiger partial charge >= 0.3 is 6.18 Å². The average molecular weight is 499 g/mol. The fourth-order valence-corrected chi connectivity index (χ4v) is 4.83. The number of nitrogens with zero attached hydrogens (tertiary/aromatic N) is 1. The predicted octanol–water partition coefficient (Wildman–Crippen LogP) is 5.86. The highest BCUT2D eigenvalue weighted by Gasteiger charge is 2.43. The molecule has 2 aromatic carbocycles. The van der Waals surface area contributed by atoms with Gasteiger partial charge in [0.1, 0.15) is 0 Å². The summed E-state index contributed by atoms with van der Waals surface area (Å²) >= 11 is 0. The number of nitro groups is 1. The zero-order chi connectivity index (χ0) is 26.4. The molecule has 2 aliphatic rings. The lowest BCUT2D eigenvalue weighted by molar-refractivity contribution is -0.384. The number of Topliss-reactive ketones (excluding diaryl/α,β-unsaturated/α-hetero) is 1. The van der Waals surface area contributed by atoms with Crippen LogP contribution < -0.4 is 10.6 Å². The van der Waals surface area contributed by atoms with Crippen molar-refractivity contribution >= 4 is 23.1 Å². The monoisotopic (exact) mass is 499 g/mol. The number of anilines is 1. The van der Waals surface area contributed by atoms with Crippen LogP contribution in [0.1, 0.15) is 50.7 Å². The summed E-state index contributed by atoms with van der Waals surface area (Å²) in [5.74, 6) is -1.67. The number of rotatable bonds is 4. The highest BCUT2D eigenvalue weighted by molar-refractivity contribution is 6.10. The minimum absolute atomic E-state index is 0.0477. The van der Waals surface area contributed by atoms with Crippen molar-refractivity contribution in [3.05, 3.63) is 92.3 Å². The molecule has 188 valence electrons. The number of benzene rings is 2. The van der Waals surface area contributed by atoms with Crippen molar-refractivity contribution in [3.8, 4) is 0 Å². The summed E-state index contributed by atoms with van der Waals surface area (Å²) in [5, 5.41) is 16.9. The highest BCUT2D eigenvalue weighted by atomic mass is 19.4. The molecule has 0 fully saturated rings. The van der Waals surface area contributed by atoms with Crippen LogP contribution in [0, 0.1) is 15.5 Å². The number of nitrogens with one attached hydrogen (secondary N) is 2. The Bertz CT molecular complexity index is 1320. The van der Waals surface area contributed by atoms with E-state index in [9.17, 15) is 32.9 Å². The smallest absolute Gasteiger partial charge is 0.362 e. The maximum absolute atomic E-state index is 13.5. The maximum atomic E-state index is 13.5. The van der Waals surface area contributed by atoms with E-state index in [1.54, 1.807) is 6.92 Å². The van der Waals surface area contributed by atoms with Gasteiger partial charge < -0.3 is 10.6 Å². The quantitative estimate of drug-likeness (QED) is 0.406. The predicted molar refractivity (Wildman–Crippen MR) is 127 cm³/mol. The molecule has 1 amide bonds. The first-order valence-electron chi connectivity index (χ1n) is 11.2. The second-order valence-corrected chi connectivity index (χ2v) is 9.81. The second-order valence-electron chi connectivity index (χ2n) is 9.81. The lowest BCUT2D eigenvalue weighted by Gasteiger charge is -2.39. The summed E-state index contributed by atoms with van der Waals surface area (Å²) in [6, 6.07) is 9.87. The molecule has 1 atom stereocenters. The number of alkyl halides is 3. The van der Waals surface area contributed by atoms with E-state index in [-0.39, 0.29) is 34.6 Å². The number of carbonyl (C=O) groups excluding carboxylic acids is 2. The molecule has 2 aromatic rings. The van der Waals surface area contributed by atoms with Crippen LogP contribution in [-0.2, 0) is 15.8 Å². The molecule has 0 bridgehead atoms. The molecule has 0 spiro atoms. The molecule has 1 aliphatic heterocycles. The highest BCUT2D eigenvalue weighted by Crippen LogP contribution is 2.47. The molecule has 0 saturated heterocycles. The van der Waals surface area contributed by atoms with Crippen molar-refractivity contribution in [2.75, 3.05) is 5.32 Å². The van der Waals surface area contributed by atoms with Crippen molar-refractivity contribution in [2.45, 2.75) is 45.7 Å². The number of non-ortho nitro benzene ring substituents is 1. The van der Waals surface area contributed by atoms with Crippen LogP contribution in [-0.4, -0.2) is 16.6 Å². The molecular weight excluding hydrogens is 475 g/mol. The van der Waals surface area contributed by atoms with Crippen molar-refractivity contribution < 1.29 is 27.7 Å². The van der Waals surface area contributed by atoms with E-state index in [0.29, 0.717) is 29.0 Å². The Morgan fingerprint density at radius 1 is 1.14 bits per heavy atom. The zero-order valence-corrected chi connectivity index (χ0v) is 19.8. The van der Waals surface area contributed by atoms with Crippen LogP contribution in [0.3, 0.4) is 0 Å². The van der Waals surface area contributed by atoms with E-state index in [2.05, 4.69) is 10.6 Å². The molecule has 0 saturated carbocycles. The lowest BCUT2D eigenvalue weighted by Crippen LogP contribution is -2.39. The van der Waals surface area contributed by atoms with Crippen LogP contribution in [0.15, 0.2) is 71.1 Å². The van der Waals surface area contributed by atoms with E-state index in [4.69, 9.17) is 0 Å². The van der Waals surface area contributed by atoms with Gasteiger partial charge in [0, 0.05) is 52.7 Å². The zero-order valence-electron chi connectivity index (χ0n) is 19.8. The van der Waals surface area contributed by atoms with E-state index in [1.165, 1.54) is 36.4 Å². The van der Waals surface area contributed by atoms with Crippen LogP contribution in [0.4, 0.5) is 24.5 Å². The molecule has 0 aromatic heterocycles. The lowest BCUT2D eigenvalue weighted by atomic mass is 9.68. The summed E-state index contributed by atoms with van der Waals surface area (Å²) in [6.07, 6.45) is -3.78. The summed E-state index contributed by atoms with van der Waals surface area (Å²) < 4.78 is 39.5. The van der Waals surface area contributed by atoms with Gasteiger partial charge in [-0.3, -0.25) is 19.7 Å². The van der Waals surface area contributed by atoms with Crippen LogP contribution in [0.5, 0.6) is 0 Å². The first-order valence-corrected chi connectivity index (χ1v) is 11.2. The third-order valence-corrected chi connectivity index (χ3v) is 6.37. The number of ketones is 1. The third kappa shape index (κ3) is 4.89. The molecule has 1 unspecified atom stereocenters. The molecule has 4 rings (SSSR count). The van der Waals surface area contributed by atoms with E-state index < -0.39 is 28.5 Å².